The summed E-state index contributed by atoms with van der Waals surface area (Å²) < 4.78 is 52.5. The van der Waals surface area contributed by atoms with E-state index < -0.39 is 17.8 Å². The minimum Gasteiger partial charge on any atom is -0.322 e. The molecular weight excluding hydrogens is 410 g/mol. The molecule has 2 atom stereocenters. The molecule has 9 heteroatoms. The first kappa shape index (κ1) is 21.4. The highest BCUT2D eigenvalue weighted by atomic mass is 35.5. The Hall–Kier alpha value is -2.32. The van der Waals surface area contributed by atoms with Crippen LogP contribution >= 0.6 is 11.6 Å². The molecule has 0 aliphatic carbocycles. The monoisotopic (exact) mass is 429 g/mol. The number of alkyl halides is 3. The van der Waals surface area contributed by atoms with Gasteiger partial charge >= 0.3 is 12.2 Å². The number of carbonyl (C=O) groups is 1. The minimum absolute atomic E-state index is 0.0472. The topological polar surface area (TPSA) is 35.6 Å². The van der Waals surface area contributed by atoms with Crippen molar-refractivity contribution in [2.75, 3.05) is 32.1 Å². The van der Waals surface area contributed by atoms with Gasteiger partial charge in [-0.25, -0.2) is 9.18 Å². The zero-order valence-electron chi connectivity index (χ0n) is 15.8. The van der Waals surface area contributed by atoms with E-state index in [1.165, 1.54) is 30.1 Å². The van der Waals surface area contributed by atoms with Crippen molar-refractivity contribution >= 4 is 23.3 Å². The summed E-state index contributed by atoms with van der Waals surface area (Å²) in [5, 5.41) is 3.10. The maximum Gasteiger partial charge on any atom is 0.416 e. The smallest absolute Gasteiger partial charge is 0.322 e. The number of anilines is 1. The van der Waals surface area contributed by atoms with Crippen molar-refractivity contribution in [3.05, 3.63) is 64.4 Å². The SMILES string of the molecule is CN(C(=O)N(C)[C@@H]1CNC[C@H]1c1ccc(F)cc1)c1cc(Cl)cc(C(F)(F)F)c1. The number of hydrogen-bond acceptors (Lipinski definition) is 2. The Kier molecular flexibility index (Phi) is 6.05. The molecule has 3 rings (SSSR count). The third-order valence-corrected chi connectivity index (χ3v) is 5.38. The van der Waals surface area contributed by atoms with Gasteiger partial charge in [-0.15, -0.1) is 0 Å². The van der Waals surface area contributed by atoms with E-state index in [1.54, 1.807) is 19.2 Å². The van der Waals surface area contributed by atoms with Crippen LogP contribution in [0.1, 0.15) is 17.0 Å². The number of rotatable bonds is 3. The van der Waals surface area contributed by atoms with Crippen LogP contribution in [-0.2, 0) is 6.18 Å². The van der Waals surface area contributed by atoms with Crippen LogP contribution in [0.25, 0.3) is 0 Å². The molecule has 2 aromatic rings. The third kappa shape index (κ3) is 4.64. The predicted molar refractivity (Wildman–Crippen MR) is 104 cm³/mol. The number of hydrogen-bond donors (Lipinski definition) is 1. The average molecular weight is 430 g/mol. The summed E-state index contributed by atoms with van der Waals surface area (Å²) in [4.78, 5) is 15.6. The van der Waals surface area contributed by atoms with Crippen molar-refractivity contribution in [1.29, 1.82) is 0 Å². The molecule has 0 radical (unpaired) electrons. The number of amides is 2. The van der Waals surface area contributed by atoms with E-state index in [0.717, 1.165) is 22.6 Å². The summed E-state index contributed by atoms with van der Waals surface area (Å²) in [6, 6.07) is 8.39. The van der Waals surface area contributed by atoms with Crippen LogP contribution in [0.4, 0.5) is 28.0 Å². The molecule has 0 saturated carbocycles. The van der Waals surface area contributed by atoms with Crippen molar-refractivity contribution in [1.82, 2.24) is 10.2 Å². The first-order chi connectivity index (χ1) is 13.6. The molecule has 1 fully saturated rings. The predicted octanol–water partition coefficient (Wildman–Crippen LogP) is 4.74. The van der Waals surface area contributed by atoms with E-state index in [1.807, 2.05) is 0 Å². The van der Waals surface area contributed by atoms with Gasteiger partial charge in [0.25, 0.3) is 0 Å². The first-order valence-electron chi connectivity index (χ1n) is 8.92. The molecule has 29 heavy (non-hydrogen) atoms. The second-order valence-corrected chi connectivity index (χ2v) is 7.47. The maximum absolute atomic E-state index is 13.2. The van der Waals surface area contributed by atoms with Crippen molar-refractivity contribution in [3.8, 4) is 0 Å². The molecule has 0 unspecified atom stereocenters. The van der Waals surface area contributed by atoms with E-state index in [0.29, 0.717) is 13.1 Å². The lowest BCUT2D eigenvalue weighted by Gasteiger charge is -2.33. The van der Waals surface area contributed by atoms with Crippen LogP contribution in [0.15, 0.2) is 42.5 Å². The molecule has 2 aromatic carbocycles. The molecule has 1 N–H and O–H groups in total. The molecule has 1 aliphatic heterocycles. The molecule has 2 amide bonds. The first-order valence-corrected chi connectivity index (χ1v) is 9.30. The van der Waals surface area contributed by atoms with Gasteiger partial charge in [-0.05, 0) is 35.9 Å². The number of nitrogens with one attached hydrogen (secondary N) is 1. The average Bonchev–Trinajstić information content (AvgIpc) is 3.15. The Bertz CT molecular complexity index is 888. The van der Waals surface area contributed by atoms with E-state index in [2.05, 4.69) is 5.32 Å². The molecule has 0 aromatic heterocycles. The van der Waals surface area contributed by atoms with Crippen molar-refractivity contribution in [3.63, 3.8) is 0 Å². The highest BCUT2D eigenvalue weighted by Gasteiger charge is 2.36. The van der Waals surface area contributed by atoms with E-state index in [-0.39, 0.29) is 28.5 Å². The van der Waals surface area contributed by atoms with Gasteiger partial charge in [0.2, 0.25) is 0 Å². The lowest BCUT2D eigenvalue weighted by molar-refractivity contribution is -0.137. The molecule has 156 valence electrons. The second kappa shape index (κ2) is 8.20. The fourth-order valence-electron chi connectivity index (χ4n) is 3.54. The van der Waals surface area contributed by atoms with Gasteiger partial charge in [0.15, 0.2) is 0 Å². The van der Waals surface area contributed by atoms with Gasteiger partial charge in [0, 0.05) is 43.8 Å². The van der Waals surface area contributed by atoms with Crippen LogP contribution in [0.2, 0.25) is 5.02 Å². The number of carbonyl (C=O) groups excluding carboxylic acids is 1. The largest absolute Gasteiger partial charge is 0.416 e. The molecule has 1 heterocycles. The minimum atomic E-state index is -4.57. The molecule has 0 bridgehead atoms. The molecule has 4 nitrogen and oxygen atoms in total. The normalized spacial score (nSPS) is 19.3. The van der Waals surface area contributed by atoms with Gasteiger partial charge in [0.1, 0.15) is 5.82 Å². The number of nitrogens with zero attached hydrogens (tertiary/aromatic N) is 2. The van der Waals surface area contributed by atoms with Crippen LogP contribution in [0, 0.1) is 5.82 Å². The highest BCUT2D eigenvalue weighted by molar-refractivity contribution is 6.31. The highest BCUT2D eigenvalue weighted by Crippen LogP contribution is 2.35. The summed E-state index contributed by atoms with van der Waals surface area (Å²) in [6.45, 7) is 1.12. The molecule has 1 saturated heterocycles. The summed E-state index contributed by atoms with van der Waals surface area (Å²) >= 11 is 5.84. The van der Waals surface area contributed by atoms with E-state index in [4.69, 9.17) is 11.6 Å². The van der Waals surface area contributed by atoms with Crippen molar-refractivity contribution in [2.45, 2.75) is 18.1 Å². The fourth-order valence-corrected chi connectivity index (χ4v) is 3.77. The Morgan fingerprint density at radius 1 is 1.10 bits per heavy atom. The number of halogens is 5. The number of urea groups is 1. The van der Waals surface area contributed by atoms with Gasteiger partial charge in [-0.2, -0.15) is 13.2 Å². The van der Waals surface area contributed by atoms with Crippen molar-refractivity contribution in [2.24, 2.45) is 0 Å². The summed E-state index contributed by atoms with van der Waals surface area (Å²) in [5.74, 6) is -0.412. The summed E-state index contributed by atoms with van der Waals surface area (Å²) in [5.41, 5.74) is 0.00537. The molecule has 1 aliphatic rings. The summed E-state index contributed by atoms with van der Waals surface area (Å²) in [7, 11) is 3.00. The van der Waals surface area contributed by atoms with Gasteiger partial charge < -0.3 is 10.2 Å². The zero-order chi connectivity index (χ0) is 21.3. The number of likely N-dealkylation sites (N-methyl/N-ethyl adjacent to an activating group) is 1. The Balaban J connectivity index is 1.82. The Labute approximate surface area is 171 Å². The number of benzene rings is 2. The van der Waals surface area contributed by atoms with Gasteiger partial charge in [0.05, 0.1) is 11.6 Å². The second-order valence-electron chi connectivity index (χ2n) is 7.03. The molecule has 0 spiro atoms. The van der Waals surface area contributed by atoms with Gasteiger partial charge in [-0.1, -0.05) is 23.7 Å². The van der Waals surface area contributed by atoms with Crippen LogP contribution in [0.5, 0.6) is 0 Å². The van der Waals surface area contributed by atoms with Crippen molar-refractivity contribution < 1.29 is 22.4 Å². The van der Waals surface area contributed by atoms with E-state index in [9.17, 15) is 22.4 Å². The Morgan fingerprint density at radius 2 is 1.76 bits per heavy atom. The van der Waals surface area contributed by atoms with Gasteiger partial charge in [-0.3, -0.25) is 4.90 Å². The standard InChI is InChI=1S/C20H20ClF4N3O/c1-27(16-8-13(20(23,24)25)7-14(21)9-16)19(29)28(2)18-11-26-10-17(18)12-3-5-15(22)6-4-12/h3-9,17-18,26H,10-11H2,1-2H3/t17-,18+/m0/s1. The van der Waals surface area contributed by atoms with Crippen LogP contribution in [-0.4, -0.2) is 44.2 Å². The van der Waals surface area contributed by atoms with Crippen LogP contribution in [0.3, 0.4) is 0 Å². The Morgan fingerprint density at radius 3 is 2.38 bits per heavy atom. The van der Waals surface area contributed by atoms with Crippen LogP contribution < -0.4 is 10.2 Å². The maximum atomic E-state index is 13.2. The third-order valence-electron chi connectivity index (χ3n) is 5.16. The summed E-state index contributed by atoms with van der Waals surface area (Å²) in [6.07, 6.45) is -4.57. The fraction of sp³-hybridized carbons (Fsp3) is 0.350. The molecular formula is C20H20ClF4N3O. The zero-order valence-corrected chi connectivity index (χ0v) is 16.6. The quantitative estimate of drug-likeness (QED) is 0.715. The van der Waals surface area contributed by atoms with E-state index >= 15 is 0 Å². The lowest BCUT2D eigenvalue weighted by Crippen LogP contribution is -2.47. The lowest BCUT2D eigenvalue weighted by atomic mass is 9.93.